The molecule has 0 aliphatic rings. The van der Waals surface area contributed by atoms with Gasteiger partial charge in [-0.2, -0.15) is 0 Å². The predicted molar refractivity (Wildman–Crippen MR) is 47.7 cm³/mol. The standard InChI is InChI=1S/C7H9O8P/c1-2-3(16(14)15)7(4(8)9,5(10)11)6(12)13/h3H,2H2,1H3,(H,8,9)(H,10,11)(H,12,13). The molecule has 0 rings (SSSR count). The minimum absolute atomic E-state index is 0.427. The van der Waals surface area contributed by atoms with Crippen LogP contribution in [0.1, 0.15) is 13.3 Å². The Morgan fingerprint density at radius 2 is 1.38 bits per heavy atom. The largest absolute Gasteiger partial charge is 0.480 e. The second-order valence-corrected chi connectivity index (χ2v) is 4.13. The minimum Gasteiger partial charge on any atom is -0.480 e. The van der Waals surface area contributed by atoms with E-state index in [0.717, 1.165) is 0 Å². The third-order valence-electron chi connectivity index (χ3n) is 2.15. The van der Waals surface area contributed by atoms with Gasteiger partial charge in [-0.25, -0.2) is 9.13 Å². The van der Waals surface area contributed by atoms with Gasteiger partial charge in [0.25, 0.3) is 5.41 Å². The van der Waals surface area contributed by atoms with Crippen LogP contribution in [-0.2, 0) is 23.5 Å². The second-order valence-electron chi connectivity index (χ2n) is 2.93. The van der Waals surface area contributed by atoms with Crippen LogP contribution < -0.4 is 0 Å². The Balaban J connectivity index is 5.99. The van der Waals surface area contributed by atoms with Crippen LogP contribution in [0.5, 0.6) is 0 Å². The average molecular weight is 252 g/mol. The summed E-state index contributed by atoms with van der Waals surface area (Å²) in [7, 11) is -3.49. The van der Waals surface area contributed by atoms with Gasteiger partial charge in [-0.3, -0.25) is 14.4 Å². The molecule has 0 radical (unpaired) electrons. The van der Waals surface area contributed by atoms with Crippen LogP contribution in [0.4, 0.5) is 0 Å². The Labute approximate surface area is 89.7 Å². The van der Waals surface area contributed by atoms with Crippen LogP contribution in [0, 0.1) is 5.41 Å². The third kappa shape index (κ3) is 1.96. The molecule has 0 aromatic carbocycles. The van der Waals surface area contributed by atoms with Crippen molar-refractivity contribution in [1.29, 1.82) is 0 Å². The molecule has 1 unspecified atom stereocenters. The van der Waals surface area contributed by atoms with Crippen LogP contribution in [0.3, 0.4) is 0 Å². The summed E-state index contributed by atoms with van der Waals surface area (Å²) in [5.41, 5.74) is -5.36. The molecule has 0 saturated carbocycles. The van der Waals surface area contributed by atoms with Crippen molar-refractivity contribution in [3.63, 3.8) is 0 Å². The third-order valence-corrected chi connectivity index (χ3v) is 3.41. The van der Waals surface area contributed by atoms with Crippen LogP contribution in [0.15, 0.2) is 0 Å². The normalized spacial score (nSPS) is 12.8. The van der Waals surface area contributed by atoms with Crippen molar-refractivity contribution in [2.75, 3.05) is 0 Å². The zero-order chi connectivity index (χ0) is 13.1. The van der Waals surface area contributed by atoms with E-state index in [2.05, 4.69) is 0 Å². The fraction of sp³-hybridized carbons (Fsp3) is 0.571. The summed E-state index contributed by atoms with van der Waals surface area (Å²) >= 11 is 0. The molecule has 0 aromatic heterocycles. The van der Waals surface area contributed by atoms with E-state index in [1.807, 2.05) is 0 Å². The van der Waals surface area contributed by atoms with Gasteiger partial charge in [0.05, 0.1) is 0 Å². The van der Waals surface area contributed by atoms with Crippen molar-refractivity contribution < 1.29 is 38.8 Å². The summed E-state index contributed by atoms with van der Waals surface area (Å²) in [5.74, 6) is -6.63. The first-order chi connectivity index (χ1) is 7.22. The molecule has 0 fully saturated rings. The van der Waals surface area contributed by atoms with Crippen molar-refractivity contribution in [2.45, 2.75) is 19.0 Å². The van der Waals surface area contributed by atoms with E-state index in [-0.39, 0.29) is 0 Å². The molecule has 1 atom stereocenters. The molecule has 0 aliphatic carbocycles. The lowest BCUT2D eigenvalue weighted by molar-refractivity contribution is -0.175. The number of aliphatic carboxylic acids is 3. The maximum Gasteiger partial charge on any atom is 0.333 e. The molecule has 0 saturated heterocycles. The highest BCUT2D eigenvalue weighted by molar-refractivity contribution is 7.32. The van der Waals surface area contributed by atoms with Crippen LogP contribution in [0.2, 0.25) is 0 Å². The summed E-state index contributed by atoms with van der Waals surface area (Å²) < 4.78 is 21.5. The van der Waals surface area contributed by atoms with Gasteiger partial charge in [0.1, 0.15) is 5.66 Å². The first kappa shape index (κ1) is 14.3. The van der Waals surface area contributed by atoms with Gasteiger partial charge >= 0.3 is 25.6 Å². The molecular weight excluding hydrogens is 243 g/mol. The molecule has 0 spiro atoms. The molecule has 0 heterocycles. The predicted octanol–water partition coefficient (Wildman–Crippen LogP) is 0.178. The van der Waals surface area contributed by atoms with E-state index < -0.39 is 43.1 Å². The van der Waals surface area contributed by atoms with E-state index in [1.54, 1.807) is 0 Å². The highest BCUT2D eigenvalue weighted by Crippen LogP contribution is 2.37. The number of carboxylic acids is 3. The number of rotatable bonds is 6. The molecule has 16 heavy (non-hydrogen) atoms. The van der Waals surface area contributed by atoms with Crippen LogP contribution >= 0.6 is 7.68 Å². The van der Waals surface area contributed by atoms with E-state index >= 15 is 0 Å². The van der Waals surface area contributed by atoms with Crippen LogP contribution in [-0.4, -0.2) is 38.9 Å². The molecular formula is C7H9O8P. The molecule has 8 nitrogen and oxygen atoms in total. The monoisotopic (exact) mass is 252 g/mol. The smallest absolute Gasteiger partial charge is 0.333 e. The maximum absolute atomic E-state index is 10.8. The number of carbonyl (C=O) groups is 3. The molecule has 3 N–H and O–H groups in total. The van der Waals surface area contributed by atoms with Crippen LogP contribution in [0.25, 0.3) is 0 Å². The molecule has 0 bridgehead atoms. The Morgan fingerprint density at radius 1 is 1.06 bits per heavy atom. The van der Waals surface area contributed by atoms with E-state index in [1.165, 1.54) is 6.92 Å². The molecule has 0 aromatic rings. The summed E-state index contributed by atoms with van der Waals surface area (Å²) in [5, 5.41) is 26.1. The van der Waals surface area contributed by atoms with Gasteiger partial charge in [-0.1, -0.05) is 6.92 Å². The minimum atomic E-state index is -3.49. The Hall–Kier alpha value is -1.69. The summed E-state index contributed by atoms with van der Waals surface area (Å²) in [6.07, 6.45) is -0.427. The van der Waals surface area contributed by atoms with E-state index in [9.17, 15) is 23.5 Å². The van der Waals surface area contributed by atoms with Crippen molar-refractivity contribution in [1.82, 2.24) is 0 Å². The van der Waals surface area contributed by atoms with E-state index in [0.29, 0.717) is 0 Å². The van der Waals surface area contributed by atoms with Gasteiger partial charge in [0, 0.05) is 0 Å². The topological polar surface area (TPSA) is 146 Å². The second kappa shape index (κ2) is 4.89. The van der Waals surface area contributed by atoms with Gasteiger partial charge in [-0.05, 0) is 6.42 Å². The van der Waals surface area contributed by atoms with Crippen molar-refractivity contribution in [3.05, 3.63) is 0 Å². The highest BCUT2D eigenvalue weighted by Gasteiger charge is 2.62. The molecule has 0 aliphatic heterocycles. The SMILES string of the molecule is CCC(P(=O)=O)C(C(=O)O)(C(=O)O)C(=O)O. The van der Waals surface area contributed by atoms with Gasteiger partial charge in [-0.15, -0.1) is 0 Å². The maximum atomic E-state index is 10.8. The Bertz CT molecular complexity index is 351. The first-order valence-corrected chi connectivity index (χ1v) is 5.31. The van der Waals surface area contributed by atoms with Crippen molar-refractivity contribution >= 4 is 25.6 Å². The van der Waals surface area contributed by atoms with Crippen molar-refractivity contribution in [2.24, 2.45) is 5.41 Å². The molecule has 90 valence electrons. The summed E-state index contributed by atoms with van der Waals surface area (Å²) in [6.45, 7) is 1.19. The number of hydrogen-bond acceptors (Lipinski definition) is 5. The lowest BCUT2D eigenvalue weighted by Gasteiger charge is -2.23. The summed E-state index contributed by atoms with van der Waals surface area (Å²) in [6, 6.07) is 0. The fourth-order valence-corrected chi connectivity index (χ4v) is 2.26. The fourth-order valence-electron chi connectivity index (χ4n) is 1.32. The van der Waals surface area contributed by atoms with Gasteiger partial charge in [0.2, 0.25) is 0 Å². The molecule has 0 amide bonds. The van der Waals surface area contributed by atoms with Gasteiger partial charge < -0.3 is 15.3 Å². The van der Waals surface area contributed by atoms with Gasteiger partial charge in [0.15, 0.2) is 0 Å². The highest BCUT2D eigenvalue weighted by atomic mass is 31.1. The quantitative estimate of drug-likeness (QED) is 0.448. The summed E-state index contributed by atoms with van der Waals surface area (Å²) in [4.78, 5) is 32.3. The average Bonchev–Trinajstić information content (AvgIpc) is 2.10. The zero-order valence-corrected chi connectivity index (χ0v) is 9.01. The zero-order valence-electron chi connectivity index (χ0n) is 8.11. The lowest BCUT2D eigenvalue weighted by Crippen LogP contribution is -2.53. The lowest BCUT2D eigenvalue weighted by atomic mass is 9.83. The number of carboxylic acid groups (broad SMARTS) is 3. The van der Waals surface area contributed by atoms with E-state index in [4.69, 9.17) is 15.3 Å². The Kier molecular flexibility index (Phi) is 4.37. The number of hydrogen-bond donors (Lipinski definition) is 3. The first-order valence-electron chi connectivity index (χ1n) is 4.06. The van der Waals surface area contributed by atoms with Crippen molar-refractivity contribution in [3.8, 4) is 0 Å². The molecule has 9 heteroatoms. The Morgan fingerprint density at radius 3 is 1.44 bits per heavy atom.